The fourth-order valence-corrected chi connectivity index (χ4v) is 2.16. The number of nitrogens with zero attached hydrogens (tertiary/aromatic N) is 2. The summed E-state index contributed by atoms with van der Waals surface area (Å²) in [4.78, 5) is 22.9. The van der Waals surface area contributed by atoms with E-state index in [0.29, 0.717) is 0 Å². The fourth-order valence-electron chi connectivity index (χ4n) is 2.16. The molecule has 1 aromatic heterocycles. The Hall–Kier alpha value is -2.45. The van der Waals surface area contributed by atoms with Crippen LogP contribution in [0.4, 0.5) is 11.4 Å². The van der Waals surface area contributed by atoms with Gasteiger partial charge in [-0.05, 0) is 18.2 Å². The van der Waals surface area contributed by atoms with E-state index in [9.17, 15) is 14.9 Å². The lowest BCUT2D eigenvalue weighted by Gasteiger charge is -2.09. The number of hydrogen-bond donors (Lipinski definition) is 3. The summed E-state index contributed by atoms with van der Waals surface area (Å²) in [6, 6.07) is 4.42. The Morgan fingerprint density at radius 3 is 2.57 bits per heavy atom. The van der Waals surface area contributed by atoms with Gasteiger partial charge in [0.2, 0.25) is 0 Å². The first kappa shape index (κ1) is 14.9. The highest BCUT2D eigenvalue weighted by Gasteiger charge is 2.20. The molecule has 0 spiro atoms. The fraction of sp³-hybridized carbons (Fsp3) is 0.308. The topological polar surface area (TPSA) is 118 Å². The Morgan fingerprint density at radius 1 is 1.19 bits per heavy atom. The SMILES string of the molecule is O=c1c2ccc(NCCO)c([N+](=O)[O-])c2ccn1CCO. The zero-order valence-corrected chi connectivity index (χ0v) is 11.2. The summed E-state index contributed by atoms with van der Waals surface area (Å²) in [5.41, 5.74) is -0.339. The van der Waals surface area contributed by atoms with Crippen molar-refractivity contribution in [2.75, 3.05) is 25.1 Å². The van der Waals surface area contributed by atoms with Crippen LogP contribution in [0.3, 0.4) is 0 Å². The van der Waals surface area contributed by atoms with Crippen LogP contribution in [0.25, 0.3) is 10.8 Å². The average Bonchev–Trinajstić information content (AvgIpc) is 2.47. The normalized spacial score (nSPS) is 10.8. The molecular weight excluding hydrogens is 278 g/mol. The van der Waals surface area contributed by atoms with Gasteiger partial charge in [-0.2, -0.15) is 0 Å². The monoisotopic (exact) mass is 293 g/mol. The van der Waals surface area contributed by atoms with Crippen LogP contribution < -0.4 is 10.9 Å². The Balaban J connectivity index is 2.67. The summed E-state index contributed by atoms with van der Waals surface area (Å²) in [7, 11) is 0. The molecule has 0 fully saturated rings. The third kappa shape index (κ3) is 2.86. The summed E-state index contributed by atoms with van der Waals surface area (Å²) in [6.45, 7) is -0.0437. The van der Waals surface area contributed by atoms with Gasteiger partial charge >= 0.3 is 0 Å². The molecule has 8 heteroatoms. The Bertz CT molecular complexity index is 726. The number of nitro groups is 1. The Morgan fingerprint density at radius 2 is 1.95 bits per heavy atom. The number of aliphatic hydroxyl groups excluding tert-OH is 2. The largest absolute Gasteiger partial charge is 0.395 e. The van der Waals surface area contributed by atoms with E-state index >= 15 is 0 Å². The molecule has 0 aliphatic carbocycles. The number of fused-ring (bicyclic) bond motifs is 1. The first-order chi connectivity index (χ1) is 10.1. The standard InChI is InChI=1S/C13H15N3O5/c17-7-4-14-11-2-1-10-9(12(11)16(20)21)3-5-15(6-8-18)13(10)19/h1-3,5,14,17-18H,4,6-8H2. The minimum Gasteiger partial charge on any atom is -0.395 e. The molecule has 112 valence electrons. The summed E-state index contributed by atoms with van der Waals surface area (Å²) in [6.07, 6.45) is 1.42. The number of nitrogens with one attached hydrogen (secondary N) is 1. The van der Waals surface area contributed by atoms with Crippen LogP contribution >= 0.6 is 0 Å². The molecule has 1 heterocycles. The molecule has 0 atom stereocenters. The van der Waals surface area contributed by atoms with E-state index in [4.69, 9.17) is 10.2 Å². The zero-order chi connectivity index (χ0) is 15.4. The third-order valence-corrected chi connectivity index (χ3v) is 3.08. The average molecular weight is 293 g/mol. The molecule has 1 aromatic carbocycles. The second kappa shape index (κ2) is 6.33. The van der Waals surface area contributed by atoms with Gasteiger partial charge in [-0.1, -0.05) is 0 Å². The highest BCUT2D eigenvalue weighted by atomic mass is 16.6. The summed E-state index contributed by atoms with van der Waals surface area (Å²) in [5, 5.41) is 32.2. The van der Waals surface area contributed by atoms with E-state index in [1.807, 2.05) is 0 Å². The molecule has 0 unspecified atom stereocenters. The van der Waals surface area contributed by atoms with Gasteiger partial charge in [0.15, 0.2) is 0 Å². The second-order valence-electron chi connectivity index (χ2n) is 4.37. The molecule has 0 bridgehead atoms. The molecule has 0 amide bonds. The molecule has 0 saturated carbocycles. The van der Waals surface area contributed by atoms with E-state index in [1.165, 1.54) is 29.0 Å². The minimum atomic E-state index is -0.558. The first-order valence-electron chi connectivity index (χ1n) is 6.36. The summed E-state index contributed by atoms with van der Waals surface area (Å²) < 4.78 is 1.30. The van der Waals surface area contributed by atoms with Crippen LogP contribution in [0.1, 0.15) is 0 Å². The van der Waals surface area contributed by atoms with Crippen LogP contribution in [0, 0.1) is 10.1 Å². The van der Waals surface area contributed by atoms with Crippen molar-refractivity contribution in [3.8, 4) is 0 Å². The van der Waals surface area contributed by atoms with Crippen LogP contribution in [0.2, 0.25) is 0 Å². The predicted octanol–water partition coefficient (Wildman–Crippen LogP) is 0.306. The third-order valence-electron chi connectivity index (χ3n) is 3.08. The highest BCUT2D eigenvalue weighted by molar-refractivity contribution is 5.95. The van der Waals surface area contributed by atoms with E-state index in [-0.39, 0.29) is 48.5 Å². The van der Waals surface area contributed by atoms with Crippen molar-refractivity contribution in [3.63, 3.8) is 0 Å². The summed E-state index contributed by atoms with van der Waals surface area (Å²) >= 11 is 0. The van der Waals surface area contributed by atoms with Crippen molar-refractivity contribution in [3.05, 3.63) is 44.9 Å². The van der Waals surface area contributed by atoms with E-state index in [0.717, 1.165) is 0 Å². The van der Waals surface area contributed by atoms with Crippen molar-refractivity contribution < 1.29 is 15.1 Å². The molecule has 0 aliphatic rings. The van der Waals surface area contributed by atoms with Crippen molar-refractivity contribution in [1.29, 1.82) is 0 Å². The number of benzene rings is 1. The van der Waals surface area contributed by atoms with Crippen LogP contribution in [-0.2, 0) is 6.54 Å². The number of pyridine rings is 1. The van der Waals surface area contributed by atoms with Crippen LogP contribution in [0.15, 0.2) is 29.2 Å². The van der Waals surface area contributed by atoms with Gasteiger partial charge in [-0.15, -0.1) is 0 Å². The van der Waals surface area contributed by atoms with Gasteiger partial charge in [-0.3, -0.25) is 14.9 Å². The van der Waals surface area contributed by atoms with Gasteiger partial charge in [0.25, 0.3) is 11.2 Å². The van der Waals surface area contributed by atoms with Crippen molar-refractivity contribution in [1.82, 2.24) is 4.57 Å². The van der Waals surface area contributed by atoms with E-state index in [1.54, 1.807) is 0 Å². The number of anilines is 1. The molecule has 2 rings (SSSR count). The zero-order valence-electron chi connectivity index (χ0n) is 11.2. The molecule has 8 nitrogen and oxygen atoms in total. The molecule has 0 saturated heterocycles. The van der Waals surface area contributed by atoms with Crippen LogP contribution in [-0.4, -0.2) is 39.5 Å². The number of hydrogen-bond acceptors (Lipinski definition) is 6. The maximum absolute atomic E-state index is 12.2. The molecule has 2 aromatic rings. The minimum absolute atomic E-state index is 0.132. The summed E-state index contributed by atoms with van der Waals surface area (Å²) in [5.74, 6) is 0. The van der Waals surface area contributed by atoms with Gasteiger partial charge in [0, 0.05) is 19.3 Å². The van der Waals surface area contributed by atoms with Crippen LogP contribution in [0.5, 0.6) is 0 Å². The van der Waals surface area contributed by atoms with E-state index < -0.39 is 10.5 Å². The Labute approximate surface area is 119 Å². The van der Waals surface area contributed by atoms with Gasteiger partial charge in [0.05, 0.1) is 28.9 Å². The van der Waals surface area contributed by atoms with Crippen molar-refractivity contribution >= 4 is 22.1 Å². The maximum atomic E-state index is 12.2. The lowest BCUT2D eigenvalue weighted by molar-refractivity contribution is -0.382. The second-order valence-corrected chi connectivity index (χ2v) is 4.37. The lowest BCUT2D eigenvalue weighted by atomic mass is 10.1. The van der Waals surface area contributed by atoms with Gasteiger partial charge < -0.3 is 20.1 Å². The van der Waals surface area contributed by atoms with Crippen molar-refractivity contribution in [2.45, 2.75) is 6.54 Å². The molecule has 3 N–H and O–H groups in total. The predicted molar refractivity (Wildman–Crippen MR) is 77.5 cm³/mol. The maximum Gasteiger partial charge on any atom is 0.300 e. The first-order valence-corrected chi connectivity index (χ1v) is 6.36. The number of aromatic nitrogens is 1. The number of rotatable bonds is 6. The van der Waals surface area contributed by atoms with Gasteiger partial charge in [-0.25, -0.2) is 0 Å². The van der Waals surface area contributed by atoms with Gasteiger partial charge in [0.1, 0.15) is 5.69 Å². The highest BCUT2D eigenvalue weighted by Crippen LogP contribution is 2.31. The number of aliphatic hydroxyl groups is 2. The van der Waals surface area contributed by atoms with Crippen molar-refractivity contribution in [2.24, 2.45) is 0 Å². The quantitative estimate of drug-likeness (QED) is 0.521. The molecule has 21 heavy (non-hydrogen) atoms. The Kier molecular flexibility index (Phi) is 4.51. The smallest absolute Gasteiger partial charge is 0.300 e. The lowest BCUT2D eigenvalue weighted by Crippen LogP contribution is -2.21. The number of nitro benzene ring substituents is 1. The molecule has 0 radical (unpaired) electrons. The molecular formula is C13H15N3O5. The van der Waals surface area contributed by atoms with E-state index in [2.05, 4.69) is 5.32 Å². The molecule has 0 aliphatic heterocycles.